The van der Waals surface area contributed by atoms with Crippen LogP contribution in [0.5, 0.6) is 0 Å². The number of nitrogens with one attached hydrogen (secondary N) is 1. The molecule has 1 saturated heterocycles. The van der Waals surface area contributed by atoms with Gasteiger partial charge in [-0.05, 0) is 81.4 Å². The molecule has 6 nitrogen and oxygen atoms in total. The van der Waals surface area contributed by atoms with E-state index < -0.39 is 6.04 Å². The lowest BCUT2D eigenvalue weighted by molar-refractivity contribution is -0.130. The lowest BCUT2D eigenvalue weighted by atomic mass is 9.97. The van der Waals surface area contributed by atoms with Crippen LogP contribution >= 0.6 is 11.3 Å². The summed E-state index contributed by atoms with van der Waals surface area (Å²) in [6.45, 7) is 10.1. The molecular formula is C29H32N4O2S. The van der Waals surface area contributed by atoms with Crippen molar-refractivity contribution in [2.24, 2.45) is 5.92 Å². The molecule has 3 aromatic rings. The van der Waals surface area contributed by atoms with Gasteiger partial charge in [-0.15, -0.1) is 11.3 Å². The molecule has 7 heteroatoms. The van der Waals surface area contributed by atoms with E-state index in [0.29, 0.717) is 12.3 Å². The standard InChI is InChI=1S/C29H32N4O2S/c1-18(35-29(2,3)4)33-24-11-9-22(14-24)27(33)28(34)32-23(16-30)13-19-5-7-20(8-6-19)21-10-12-25-26(15-21)36-17-31-25/h5-8,10,12,15,17,22-24,27H,1,9,11,13-14H2,2-4H3,(H,32,34)/t22-,23-,24+,27-/m0/s1. The van der Waals surface area contributed by atoms with Crippen molar-refractivity contribution in [2.45, 2.75) is 70.2 Å². The number of ether oxygens (including phenoxy) is 1. The predicted molar refractivity (Wildman–Crippen MR) is 143 cm³/mol. The van der Waals surface area contributed by atoms with Gasteiger partial charge in [-0.3, -0.25) is 4.79 Å². The third-order valence-electron chi connectivity index (χ3n) is 7.10. The monoisotopic (exact) mass is 500 g/mol. The molecule has 2 bridgehead atoms. The van der Waals surface area contributed by atoms with Gasteiger partial charge >= 0.3 is 0 Å². The molecule has 2 fully saturated rings. The molecular weight excluding hydrogens is 468 g/mol. The van der Waals surface area contributed by atoms with Gasteiger partial charge in [-0.2, -0.15) is 5.26 Å². The molecule has 0 unspecified atom stereocenters. The van der Waals surface area contributed by atoms with Crippen molar-refractivity contribution in [1.82, 2.24) is 15.2 Å². The molecule has 5 rings (SSSR count). The number of carbonyl (C=O) groups excluding carboxylic acids is 1. The van der Waals surface area contributed by atoms with E-state index in [4.69, 9.17) is 4.74 Å². The third kappa shape index (κ3) is 4.96. The van der Waals surface area contributed by atoms with Crippen LogP contribution in [0.2, 0.25) is 0 Å². The van der Waals surface area contributed by atoms with E-state index in [1.165, 1.54) is 0 Å². The fourth-order valence-electron chi connectivity index (χ4n) is 5.58. The zero-order chi connectivity index (χ0) is 25.4. The van der Waals surface area contributed by atoms with Crippen LogP contribution in [0.15, 0.2) is 60.4 Å². The second-order valence-corrected chi connectivity index (χ2v) is 11.7. The van der Waals surface area contributed by atoms with Gasteiger partial charge in [0.2, 0.25) is 5.91 Å². The molecule has 186 valence electrons. The van der Waals surface area contributed by atoms with Crippen LogP contribution in [0, 0.1) is 17.2 Å². The molecule has 2 aliphatic rings. The highest BCUT2D eigenvalue weighted by Gasteiger charge is 2.50. The van der Waals surface area contributed by atoms with Crippen LogP contribution in [0.25, 0.3) is 21.3 Å². The summed E-state index contributed by atoms with van der Waals surface area (Å²) in [7, 11) is 0. The Morgan fingerprint density at radius 3 is 2.72 bits per heavy atom. The summed E-state index contributed by atoms with van der Waals surface area (Å²) in [4.78, 5) is 19.8. The van der Waals surface area contributed by atoms with Gasteiger partial charge in [-0.1, -0.05) is 30.3 Å². The molecule has 2 aromatic carbocycles. The lowest BCUT2D eigenvalue weighted by Gasteiger charge is -2.39. The normalized spacial score (nSPS) is 21.8. The first-order chi connectivity index (χ1) is 17.2. The van der Waals surface area contributed by atoms with Gasteiger partial charge in [0.15, 0.2) is 5.88 Å². The van der Waals surface area contributed by atoms with E-state index in [-0.39, 0.29) is 29.5 Å². The van der Waals surface area contributed by atoms with Gasteiger partial charge in [0.1, 0.15) is 17.7 Å². The number of amides is 1. The fourth-order valence-corrected chi connectivity index (χ4v) is 6.30. The van der Waals surface area contributed by atoms with E-state index in [2.05, 4.69) is 52.1 Å². The van der Waals surface area contributed by atoms with Crippen LogP contribution in [-0.2, 0) is 16.0 Å². The summed E-state index contributed by atoms with van der Waals surface area (Å²) in [5.41, 5.74) is 5.75. The maximum Gasteiger partial charge on any atom is 0.244 e. The van der Waals surface area contributed by atoms with Crippen molar-refractivity contribution in [3.8, 4) is 17.2 Å². The minimum absolute atomic E-state index is 0.109. The summed E-state index contributed by atoms with van der Waals surface area (Å²) in [5.74, 6) is 0.710. The number of thiazole rings is 1. The summed E-state index contributed by atoms with van der Waals surface area (Å²) < 4.78 is 7.19. The maximum absolute atomic E-state index is 13.4. The molecule has 1 amide bonds. The molecule has 2 heterocycles. The number of benzene rings is 2. The van der Waals surface area contributed by atoms with Crippen LogP contribution in [-0.4, -0.2) is 39.5 Å². The minimum atomic E-state index is -0.602. The Balaban J connectivity index is 1.25. The highest BCUT2D eigenvalue weighted by molar-refractivity contribution is 7.16. The Labute approximate surface area is 216 Å². The zero-order valence-corrected chi connectivity index (χ0v) is 21.8. The average molecular weight is 501 g/mol. The molecule has 1 aliphatic heterocycles. The number of nitriles is 1. The van der Waals surface area contributed by atoms with Crippen molar-refractivity contribution in [1.29, 1.82) is 5.26 Å². The van der Waals surface area contributed by atoms with Crippen LogP contribution in [0.3, 0.4) is 0 Å². The smallest absolute Gasteiger partial charge is 0.244 e. The SMILES string of the molecule is C=C(OC(C)(C)C)N1[C@@H]2CC[C@@H](C2)[C@H]1C(=O)N[C@H](C#N)Cc1ccc(-c2ccc3ncsc3c2)cc1. The average Bonchev–Trinajstić information content (AvgIpc) is 3.58. The number of aromatic nitrogens is 1. The highest BCUT2D eigenvalue weighted by Crippen LogP contribution is 2.45. The third-order valence-corrected chi connectivity index (χ3v) is 7.89. The van der Waals surface area contributed by atoms with Crippen LogP contribution in [0.4, 0.5) is 0 Å². The molecule has 36 heavy (non-hydrogen) atoms. The number of rotatable bonds is 7. The first-order valence-electron chi connectivity index (χ1n) is 12.5. The summed E-state index contributed by atoms with van der Waals surface area (Å²) in [6, 6.07) is 16.1. The Kier molecular flexibility index (Phi) is 6.48. The number of carbonyl (C=O) groups is 1. The number of piperidine rings is 1. The topological polar surface area (TPSA) is 78.2 Å². The van der Waals surface area contributed by atoms with Crippen molar-refractivity contribution < 1.29 is 9.53 Å². The van der Waals surface area contributed by atoms with Crippen molar-refractivity contribution in [3.63, 3.8) is 0 Å². The molecule has 0 spiro atoms. The van der Waals surface area contributed by atoms with Gasteiger partial charge in [0, 0.05) is 12.5 Å². The zero-order valence-electron chi connectivity index (χ0n) is 21.0. The van der Waals surface area contributed by atoms with E-state index in [0.717, 1.165) is 46.2 Å². The lowest BCUT2D eigenvalue weighted by Crippen LogP contribution is -2.52. The largest absolute Gasteiger partial charge is 0.474 e. The Morgan fingerprint density at radius 2 is 2.00 bits per heavy atom. The molecule has 0 radical (unpaired) electrons. The number of hydrogen-bond donors (Lipinski definition) is 1. The second-order valence-electron chi connectivity index (χ2n) is 10.8. The van der Waals surface area contributed by atoms with E-state index in [1.54, 1.807) is 11.3 Å². The van der Waals surface area contributed by atoms with Gasteiger partial charge in [0.05, 0.1) is 21.8 Å². The number of nitrogens with zero attached hydrogens (tertiary/aromatic N) is 3. The van der Waals surface area contributed by atoms with Crippen LogP contribution in [0.1, 0.15) is 45.6 Å². The second kappa shape index (κ2) is 9.59. The van der Waals surface area contributed by atoms with Gasteiger partial charge in [-0.25, -0.2) is 4.98 Å². The molecule has 4 atom stereocenters. The number of fused-ring (bicyclic) bond motifs is 3. The summed E-state index contributed by atoms with van der Waals surface area (Å²) in [6.07, 6.45) is 3.49. The first-order valence-corrected chi connectivity index (χ1v) is 13.4. The summed E-state index contributed by atoms with van der Waals surface area (Å²) >= 11 is 1.63. The minimum Gasteiger partial charge on any atom is -0.474 e. The maximum atomic E-state index is 13.4. The van der Waals surface area contributed by atoms with Gasteiger partial charge in [0.25, 0.3) is 0 Å². The molecule has 1 aliphatic carbocycles. The Hall–Kier alpha value is -3.37. The Morgan fingerprint density at radius 1 is 1.25 bits per heavy atom. The first kappa shape index (κ1) is 24.3. The van der Waals surface area contributed by atoms with E-state index in [9.17, 15) is 10.1 Å². The van der Waals surface area contributed by atoms with Crippen molar-refractivity contribution in [2.75, 3.05) is 0 Å². The van der Waals surface area contributed by atoms with E-state index in [1.807, 2.05) is 44.5 Å². The number of likely N-dealkylation sites (tertiary alicyclic amines) is 1. The molecule has 1 N–H and O–H groups in total. The highest BCUT2D eigenvalue weighted by atomic mass is 32.1. The van der Waals surface area contributed by atoms with Crippen LogP contribution < -0.4 is 5.32 Å². The molecule has 1 saturated carbocycles. The van der Waals surface area contributed by atoms with Crippen molar-refractivity contribution in [3.05, 3.63) is 66.0 Å². The van der Waals surface area contributed by atoms with Gasteiger partial charge < -0.3 is 15.0 Å². The Bertz CT molecular complexity index is 1320. The van der Waals surface area contributed by atoms with E-state index >= 15 is 0 Å². The quantitative estimate of drug-likeness (QED) is 0.424. The molecule has 1 aromatic heterocycles. The number of hydrogen-bond acceptors (Lipinski definition) is 6. The van der Waals surface area contributed by atoms with Crippen molar-refractivity contribution >= 4 is 27.5 Å². The fraction of sp³-hybridized carbons (Fsp3) is 0.414. The summed E-state index contributed by atoms with van der Waals surface area (Å²) in [5, 5.41) is 12.8. The predicted octanol–water partition coefficient (Wildman–Crippen LogP) is 5.65.